The molecule has 2 aliphatic rings. The number of amides is 3. The summed E-state index contributed by atoms with van der Waals surface area (Å²) in [6, 6.07) is -0.213. The van der Waals surface area contributed by atoms with E-state index < -0.39 is 47.8 Å². The Kier molecular flexibility index (Phi) is 5.86. The average Bonchev–Trinajstić information content (AvgIpc) is 2.76. The first kappa shape index (κ1) is 22.2. The lowest BCUT2D eigenvalue weighted by molar-refractivity contribution is -0.153. The molecule has 6 nitrogen and oxygen atoms in total. The fourth-order valence-corrected chi connectivity index (χ4v) is 3.36. The first-order valence-electron chi connectivity index (χ1n) is 7.93. The van der Waals surface area contributed by atoms with E-state index in [9.17, 15) is 35.9 Å². The number of imide groups is 1. The summed E-state index contributed by atoms with van der Waals surface area (Å²) in [7, 11) is 0. The molecule has 0 aromatic carbocycles. The fourth-order valence-electron chi connectivity index (χ4n) is 3.36. The number of aromatic nitrogens is 1. The first-order valence-corrected chi connectivity index (χ1v) is 7.93. The number of hydrogen-bond donors (Lipinski definition) is 1. The molecule has 13 heteroatoms. The van der Waals surface area contributed by atoms with E-state index >= 15 is 0 Å². The van der Waals surface area contributed by atoms with Gasteiger partial charge in [0.15, 0.2) is 0 Å². The molecule has 1 N–H and O–H groups in total. The number of nitrogens with zero attached hydrogens (tertiary/aromatic N) is 3. The zero-order valence-electron chi connectivity index (χ0n) is 14.1. The topological polar surface area (TPSA) is 65.5 Å². The molecule has 0 atom stereocenters. The summed E-state index contributed by atoms with van der Waals surface area (Å²) in [4.78, 5) is 29.8. The Bertz CT molecular complexity index is 764. The van der Waals surface area contributed by atoms with Crippen LogP contribution in [0.5, 0.6) is 0 Å². The molecule has 0 unspecified atom stereocenters. The first-order chi connectivity index (χ1) is 12.5. The van der Waals surface area contributed by atoms with Crippen molar-refractivity contribution in [3.8, 4) is 0 Å². The standard InChI is InChI=1S/C15H14F6N4O2.ClH/c16-14(17,18)8-24-12(27)25(11(26)13(24)2-5-22-6-3-13)10-7-9(1-4-23-10)15(19,20)21;/h1,4,7,22H,2-3,5-6,8H2;1H. The molecule has 2 saturated heterocycles. The minimum atomic E-state index is -4.77. The van der Waals surface area contributed by atoms with Gasteiger partial charge in [0.2, 0.25) is 0 Å². The van der Waals surface area contributed by atoms with Crippen molar-refractivity contribution in [2.75, 3.05) is 24.5 Å². The fraction of sp³-hybridized carbons (Fsp3) is 0.533. The third kappa shape index (κ3) is 3.88. The van der Waals surface area contributed by atoms with Crippen LogP contribution in [-0.2, 0) is 11.0 Å². The predicted octanol–water partition coefficient (Wildman–Crippen LogP) is 2.98. The maximum atomic E-state index is 13.0. The van der Waals surface area contributed by atoms with E-state index in [2.05, 4.69) is 10.3 Å². The molecule has 1 aromatic rings. The van der Waals surface area contributed by atoms with Crippen molar-refractivity contribution < 1.29 is 35.9 Å². The highest BCUT2D eigenvalue weighted by Gasteiger charge is 2.60. The van der Waals surface area contributed by atoms with Crippen molar-refractivity contribution >= 4 is 30.2 Å². The van der Waals surface area contributed by atoms with Gasteiger partial charge in [-0.25, -0.2) is 14.7 Å². The molecule has 0 radical (unpaired) electrons. The highest BCUT2D eigenvalue weighted by molar-refractivity contribution is 6.22. The van der Waals surface area contributed by atoms with Crippen LogP contribution in [0.4, 0.5) is 37.0 Å². The summed E-state index contributed by atoms with van der Waals surface area (Å²) >= 11 is 0. The van der Waals surface area contributed by atoms with Crippen LogP contribution in [0.1, 0.15) is 18.4 Å². The van der Waals surface area contributed by atoms with Gasteiger partial charge in [0, 0.05) is 6.20 Å². The molecule has 0 bridgehead atoms. The lowest BCUT2D eigenvalue weighted by Crippen LogP contribution is -2.57. The summed E-state index contributed by atoms with van der Waals surface area (Å²) in [5, 5.41) is 2.88. The van der Waals surface area contributed by atoms with Gasteiger partial charge >= 0.3 is 18.4 Å². The zero-order valence-corrected chi connectivity index (χ0v) is 14.9. The van der Waals surface area contributed by atoms with Crippen LogP contribution >= 0.6 is 12.4 Å². The zero-order chi connectivity index (χ0) is 20.0. The lowest BCUT2D eigenvalue weighted by atomic mass is 9.86. The van der Waals surface area contributed by atoms with Crippen LogP contribution in [0, 0.1) is 0 Å². The quantitative estimate of drug-likeness (QED) is 0.576. The highest BCUT2D eigenvalue weighted by atomic mass is 35.5. The van der Waals surface area contributed by atoms with E-state index in [1.807, 2.05) is 0 Å². The molecular formula is C15H15ClF6N4O2. The second-order valence-electron chi connectivity index (χ2n) is 6.31. The van der Waals surface area contributed by atoms with Crippen molar-refractivity contribution in [1.29, 1.82) is 0 Å². The molecule has 1 aromatic heterocycles. The third-order valence-electron chi connectivity index (χ3n) is 4.61. The van der Waals surface area contributed by atoms with Crippen molar-refractivity contribution in [3.05, 3.63) is 23.9 Å². The number of anilines is 1. The van der Waals surface area contributed by atoms with Gasteiger partial charge in [-0.15, -0.1) is 12.4 Å². The van der Waals surface area contributed by atoms with Gasteiger partial charge in [-0.2, -0.15) is 26.3 Å². The Morgan fingerprint density at radius 3 is 2.25 bits per heavy atom. The number of urea groups is 1. The number of pyridine rings is 1. The largest absolute Gasteiger partial charge is 0.416 e. The second-order valence-corrected chi connectivity index (χ2v) is 6.31. The number of alkyl halides is 6. The van der Waals surface area contributed by atoms with E-state index in [0.29, 0.717) is 21.9 Å². The highest BCUT2D eigenvalue weighted by Crippen LogP contribution is 2.40. The minimum Gasteiger partial charge on any atom is -0.317 e. The van der Waals surface area contributed by atoms with Crippen molar-refractivity contribution in [2.24, 2.45) is 0 Å². The van der Waals surface area contributed by atoms with E-state index in [0.717, 1.165) is 6.20 Å². The number of carbonyl (C=O) groups is 2. The minimum absolute atomic E-state index is 0. The van der Waals surface area contributed by atoms with E-state index in [1.165, 1.54) is 0 Å². The molecule has 0 aliphatic carbocycles. The molecule has 3 heterocycles. The smallest absolute Gasteiger partial charge is 0.317 e. The SMILES string of the molecule is Cl.O=C1N(c2cc(C(F)(F)F)ccn2)C(=O)C2(CCNCC2)N1CC(F)(F)F. The number of rotatable bonds is 2. The summed E-state index contributed by atoms with van der Waals surface area (Å²) in [5.74, 6) is -1.65. The van der Waals surface area contributed by atoms with E-state index in [4.69, 9.17) is 0 Å². The monoisotopic (exact) mass is 432 g/mol. The molecule has 3 amide bonds. The van der Waals surface area contributed by atoms with Gasteiger partial charge in [-0.1, -0.05) is 0 Å². The Hall–Kier alpha value is -2.08. The van der Waals surface area contributed by atoms with E-state index in [-0.39, 0.29) is 38.3 Å². The van der Waals surface area contributed by atoms with Gasteiger partial charge in [0.25, 0.3) is 5.91 Å². The Labute approximate surface area is 161 Å². The molecule has 0 saturated carbocycles. The maximum Gasteiger partial charge on any atom is 0.416 e. The molecule has 28 heavy (non-hydrogen) atoms. The Morgan fingerprint density at radius 1 is 1.11 bits per heavy atom. The summed E-state index contributed by atoms with van der Waals surface area (Å²) < 4.78 is 77.7. The van der Waals surface area contributed by atoms with Gasteiger partial charge < -0.3 is 5.32 Å². The van der Waals surface area contributed by atoms with Crippen LogP contribution in [0.15, 0.2) is 18.3 Å². The van der Waals surface area contributed by atoms with Crippen LogP contribution in [0.2, 0.25) is 0 Å². The Balaban J connectivity index is 0.00000280. The second kappa shape index (κ2) is 7.39. The van der Waals surface area contributed by atoms with Crippen molar-refractivity contribution in [3.63, 3.8) is 0 Å². The Morgan fingerprint density at radius 2 is 1.71 bits per heavy atom. The van der Waals surface area contributed by atoms with Crippen LogP contribution in [0.3, 0.4) is 0 Å². The van der Waals surface area contributed by atoms with Crippen LogP contribution < -0.4 is 10.2 Å². The normalized spacial score (nSPS) is 19.9. The molecular weight excluding hydrogens is 418 g/mol. The molecule has 156 valence electrons. The lowest BCUT2D eigenvalue weighted by Gasteiger charge is -2.38. The average molecular weight is 433 g/mol. The van der Waals surface area contributed by atoms with E-state index in [1.54, 1.807) is 0 Å². The van der Waals surface area contributed by atoms with Gasteiger partial charge in [-0.05, 0) is 38.1 Å². The predicted molar refractivity (Wildman–Crippen MR) is 87.0 cm³/mol. The van der Waals surface area contributed by atoms with Crippen LogP contribution in [0.25, 0.3) is 0 Å². The number of nitrogens with one attached hydrogen (secondary N) is 1. The summed E-state index contributed by atoms with van der Waals surface area (Å²) in [6.45, 7) is -1.29. The summed E-state index contributed by atoms with van der Waals surface area (Å²) in [6.07, 6.45) is -8.95. The molecule has 2 aliphatic heterocycles. The number of hydrogen-bond acceptors (Lipinski definition) is 4. The number of carbonyl (C=O) groups excluding carboxylic acids is 2. The van der Waals surface area contributed by atoms with Crippen molar-refractivity contribution in [1.82, 2.24) is 15.2 Å². The van der Waals surface area contributed by atoms with Gasteiger partial charge in [-0.3, -0.25) is 9.69 Å². The van der Waals surface area contributed by atoms with Crippen LogP contribution in [-0.4, -0.2) is 53.2 Å². The number of halogens is 7. The molecule has 2 fully saturated rings. The summed E-state index contributed by atoms with van der Waals surface area (Å²) in [5.41, 5.74) is -2.92. The van der Waals surface area contributed by atoms with Gasteiger partial charge in [0.05, 0.1) is 5.56 Å². The maximum absolute atomic E-state index is 13.0. The third-order valence-corrected chi connectivity index (χ3v) is 4.61. The number of piperidine rings is 1. The molecule has 3 rings (SSSR count). The van der Waals surface area contributed by atoms with Crippen molar-refractivity contribution in [2.45, 2.75) is 30.7 Å². The van der Waals surface area contributed by atoms with Gasteiger partial charge in [0.1, 0.15) is 17.9 Å². The molecule has 1 spiro atoms.